The molecule has 4 nitrogen and oxygen atoms in total. The molecule has 1 heterocycles. The second-order valence-electron chi connectivity index (χ2n) is 3.50. The summed E-state index contributed by atoms with van der Waals surface area (Å²) in [6.07, 6.45) is -0.812. The minimum atomic E-state index is -0.812. The van der Waals surface area contributed by atoms with Gasteiger partial charge >= 0.3 is 5.97 Å². The van der Waals surface area contributed by atoms with Gasteiger partial charge in [0.25, 0.3) is 0 Å². The van der Waals surface area contributed by atoms with Crippen LogP contribution in [0, 0.1) is 0 Å². The molecule has 1 fully saturated rings. The van der Waals surface area contributed by atoms with Gasteiger partial charge in [0.1, 0.15) is 11.3 Å². The number of cyclic esters (lactones) is 1. The van der Waals surface area contributed by atoms with E-state index >= 15 is 0 Å². The molecule has 1 aromatic rings. The number of benzene rings is 1. The zero-order valence-electron chi connectivity index (χ0n) is 8.64. The van der Waals surface area contributed by atoms with E-state index in [4.69, 9.17) is 4.74 Å². The quantitative estimate of drug-likeness (QED) is 0.335. The van der Waals surface area contributed by atoms with Crippen molar-refractivity contribution in [2.75, 3.05) is 0 Å². The maximum absolute atomic E-state index is 11.6. The fourth-order valence-electron chi connectivity index (χ4n) is 1.53. The highest BCUT2D eigenvalue weighted by Crippen LogP contribution is 2.24. The lowest BCUT2D eigenvalue weighted by atomic mass is 10.0. The molecule has 0 radical (unpaired) electrons. The number of carbonyl (C=O) groups excluding carboxylic acids is 2. The van der Waals surface area contributed by atoms with Crippen molar-refractivity contribution in [1.82, 2.24) is 0 Å². The maximum atomic E-state index is 11.6. The largest absolute Gasteiger partial charge is 0.506 e. The van der Waals surface area contributed by atoms with Gasteiger partial charge in [0.2, 0.25) is 5.78 Å². The van der Waals surface area contributed by atoms with Crippen LogP contribution >= 0.6 is 0 Å². The van der Waals surface area contributed by atoms with Crippen LogP contribution in [-0.2, 0) is 14.3 Å². The Morgan fingerprint density at radius 1 is 1.25 bits per heavy atom. The molecule has 1 aliphatic heterocycles. The molecule has 0 spiro atoms. The minimum Gasteiger partial charge on any atom is -0.506 e. The van der Waals surface area contributed by atoms with Gasteiger partial charge in [-0.2, -0.15) is 0 Å². The number of Topliss-reactive ketones (excluding diaryl/α,β-unsaturated/α-hetero) is 1. The molecular formula is C12H10O4. The fraction of sp³-hybridized carbons (Fsp3) is 0.167. The maximum Gasteiger partial charge on any atom is 0.346 e. The van der Waals surface area contributed by atoms with Crippen LogP contribution in [0.2, 0.25) is 0 Å². The van der Waals surface area contributed by atoms with E-state index in [0.717, 1.165) is 0 Å². The first kappa shape index (κ1) is 10.4. The third kappa shape index (κ3) is 1.58. The topological polar surface area (TPSA) is 63.6 Å². The summed E-state index contributed by atoms with van der Waals surface area (Å²) >= 11 is 0. The normalized spacial score (nSPS) is 23.2. The molecule has 1 aromatic carbocycles. The fourth-order valence-corrected chi connectivity index (χ4v) is 1.53. The van der Waals surface area contributed by atoms with Crippen LogP contribution in [0.5, 0.6) is 0 Å². The minimum absolute atomic E-state index is 0.265. The number of ketones is 1. The van der Waals surface area contributed by atoms with Crippen LogP contribution in [-0.4, -0.2) is 23.0 Å². The molecule has 16 heavy (non-hydrogen) atoms. The molecule has 82 valence electrons. The molecule has 4 heteroatoms. The van der Waals surface area contributed by atoms with Crippen LogP contribution in [0.3, 0.4) is 0 Å². The van der Waals surface area contributed by atoms with Crippen molar-refractivity contribution in [3.63, 3.8) is 0 Å². The van der Waals surface area contributed by atoms with Crippen molar-refractivity contribution in [2.24, 2.45) is 0 Å². The predicted molar refractivity (Wildman–Crippen MR) is 56.6 cm³/mol. The summed E-state index contributed by atoms with van der Waals surface area (Å²) in [6.45, 7) is 1.48. The lowest BCUT2D eigenvalue weighted by Crippen LogP contribution is -2.11. The van der Waals surface area contributed by atoms with Gasteiger partial charge in [-0.1, -0.05) is 30.3 Å². The zero-order valence-corrected chi connectivity index (χ0v) is 8.64. The summed E-state index contributed by atoms with van der Waals surface area (Å²) in [5.41, 5.74) is 0.163. The summed E-state index contributed by atoms with van der Waals surface area (Å²) in [7, 11) is 0. The average Bonchev–Trinajstić information content (AvgIpc) is 2.54. The summed E-state index contributed by atoms with van der Waals surface area (Å²) in [5, 5.41) is 9.84. The summed E-state index contributed by atoms with van der Waals surface area (Å²) in [5.74, 6) is -1.56. The number of hydrogen-bond acceptors (Lipinski definition) is 4. The second-order valence-corrected chi connectivity index (χ2v) is 3.50. The second kappa shape index (κ2) is 3.81. The third-order valence-corrected chi connectivity index (χ3v) is 2.39. The van der Waals surface area contributed by atoms with E-state index in [9.17, 15) is 14.7 Å². The molecule has 0 aromatic heterocycles. The van der Waals surface area contributed by atoms with Crippen molar-refractivity contribution in [3.05, 3.63) is 41.5 Å². The number of aliphatic hydroxyl groups excluding tert-OH is 1. The number of hydrogen-bond donors (Lipinski definition) is 1. The van der Waals surface area contributed by atoms with Crippen molar-refractivity contribution in [2.45, 2.75) is 13.0 Å². The molecule has 2 rings (SSSR count). The highest BCUT2D eigenvalue weighted by molar-refractivity contribution is 6.27. The van der Waals surface area contributed by atoms with Crippen LogP contribution in [0.15, 0.2) is 35.9 Å². The van der Waals surface area contributed by atoms with Crippen LogP contribution in [0.25, 0.3) is 5.76 Å². The van der Waals surface area contributed by atoms with Gasteiger partial charge in [0.15, 0.2) is 6.10 Å². The Kier molecular flexibility index (Phi) is 2.48. The SMILES string of the molecule is CC1OC(=O)/C(=C(/O)c2ccccc2)C1=O. The molecule has 0 bridgehead atoms. The molecule has 0 amide bonds. The van der Waals surface area contributed by atoms with Crippen LogP contribution in [0.4, 0.5) is 0 Å². The Balaban J connectivity index is 2.50. The Morgan fingerprint density at radius 2 is 1.88 bits per heavy atom. The average molecular weight is 218 g/mol. The van der Waals surface area contributed by atoms with E-state index in [1.165, 1.54) is 6.92 Å². The lowest BCUT2D eigenvalue weighted by molar-refractivity contribution is -0.139. The van der Waals surface area contributed by atoms with Gasteiger partial charge in [-0.15, -0.1) is 0 Å². The predicted octanol–water partition coefficient (Wildman–Crippen LogP) is 1.47. The molecular weight excluding hydrogens is 208 g/mol. The molecule has 0 aliphatic carbocycles. The summed E-state index contributed by atoms with van der Waals surface area (Å²) < 4.78 is 4.72. The number of ether oxygens (including phenoxy) is 1. The van der Waals surface area contributed by atoms with Crippen LogP contribution < -0.4 is 0 Å². The van der Waals surface area contributed by atoms with Gasteiger partial charge in [-0.05, 0) is 6.92 Å². The first-order valence-corrected chi connectivity index (χ1v) is 4.85. The zero-order chi connectivity index (χ0) is 11.7. The smallest absolute Gasteiger partial charge is 0.346 e. The van der Waals surface area contributed by atoms with E-state index in [-0.39, 0.29) is 11.3 Å². The first-order chi connectivity index (χ1) is 7.61. The Bertz CT molecular complexity index is 473. The van der Waals surface area contributed by atoms with Crippen molar-refractivity contribution in [3.8, 4) is 0 Å². The van der Waals surface area contributed by atoms with Gasteiger partial charge < -0.3 is 9.84 Å². The molecule has 1 N–H and O–H groups in total. The lowest BCUT2D eigenvalue weighted by Gasteiger charge is -2.00. The number of carbonyl (C=O) groups is 2. The van der Waals surface area contributed by atoms with Gasteiger partial charge in [0, 0.05) is 5.56 Å². The van der Waals surface area contributed by atoms with Crippen molar-refractivity contribution in [1.29, 1.82) is 0 Å². The Labute approximate surface area is 92.2 Å². The summed E-state index contributed by atoms with van der Waals surface area (Å²) in [6, 6.07) is 8.43. The standard InChI is InChI=1S/C12H10O4/c1-7-10(13)9(12(15)16-7)11(14)8-5-3-2-4-6-8/h2-7,14H,1H3/b11-9+. The Hall–Kier alpha value is -2.10. The third-order valence-electron chi connectivity index (χ3n) is 2.39. The van der Waals surface area contributed by atoms with Crippen molar-refractivity contribution < 1.29 is 19.4 Å². The molecule has 1 atom stereocenters. The van der Waals surface area contributed by atoms with Gasteiger partial charge in [-0.3, -0.25) is 4.79 Å². The first-order valence-electron chi connectivity index (χ1n) is 4.85. The van der Waals surface area contributed by atoms with Gasteiger partial charge in [0.05, 0.1) is 0 Å². The highest BCUT2D eigenvalue weighted by Gasteiger charge is 2.38. The van der Waals surface area contributed by atoms with E-state index in [1.54, 1.807) is 30.3 Å². The van der Waals surface area contributed by atoms with E-state index < -0.39 is 17.9 Å². The highest BCUT2D eigenvalue weighted by atomic mass is 16.6. The Morgan fingerprint density at radius 3 is 2.38 bits per heavy atom. The van der Waals surface area contributed by atoms with E-state index in [2.05, 4.69) is 0 Å². The number of esters is 1. The monoisotopic (exact) mass is 218 g/mol. The molecule has 1 aliphatic rings. The molecule has 0 saturated carbocycles. The van der Waals surface area contributed by atoms with E-state index in [1.807, 2.05) is 0 Å². The molecule has 1 unspecified atom stereocenters. The number of rotatable bonds is 1. The molecule has 1 saturated heterocycles. The summed E-state index contributed by atoms with van der Waals surface area (Å²) in [4.78, 5) is 22.9. The van der Waals surface area contributed by atoms with Crippen LogP contribution in [0.1, 0.15) is 12.5 Å². The van der Waals surface area contributed by atoms with Crippen molar-refractivity contribution >= 4 is 17.5 Å². The number of aliphatic hydroxyl groups is 1. The van der Waals surface area contributed by atoms with Gasteiger partial charge in [-0.25, -0.2) is 4.79 Å². The van der Waals surface area contributed by atoms with E-state index in [0.29, 0.717) is 5.56 Å².